The largest absolute Gasteiger partial charge is 0.309 e. The van der Waals surface area contributed by atoms with E-state index in [0.717, 1.165) is 38.8 Å². The van der Waals surface area contributed by atoms with Crippen LogP contribution >= 0.6 is 0 Å². The van der Waals surface area contributed by atoms with Crippen molar-refractivity contribution in [2.45, 2.75) is 0 Å². The zero-order chi connectivity index (χ0) is 30.9. The van der Waals surface area contributed by atoms with Crippen LogP contribution in [0.1, 0.15) is 0 Å². The first-order valence-corrected chi connectivity index (χ1v) is 16.0. The summed E-state index contributed by atoms with van der Waals surface area (Å²) in [5.41, 5.74) is 9.68. The van der Waals surface area contributed by atoms with Crippen LogP contribution in [0.25, 0.3) is 93.2 Å². The Kier molecular flexibility index (Phi) is 5.57. The molecule has 0 bridgehead atoms. The summed E-state index contributed by atoms with van der Waals surface area (Å²) in [6, 6.07) is 56.4. The highest BCUT2D eigenvalue weighted by Crippen LogP contribution is 2.38. The van der Waals surface area contributed by atoms with Crippen LogP contribution in [-0.4, -0.2) is 14.5 Å². The minimum absolute atomic E-state index is 0.860. The van der Waals surface area contributed by atoms with Crippen LogP contribution in [0.3, 0.4) is 0 Å². The van der Waals surface area contributed by atoms with Crippen molar-refractivity contribution in [3.8, 4) is 28.1 Å². The maximum atomic E-state index is 5.27. The van der Waals surface area contributed by atoms with E-state index in [1.165, 1.54) is 54.5 Å². The molecule has 0 fully saturated rings. The Morgan fingerprint density at radius 1 is 0.404 bits per heavy atom. The maximum Gasteiger partial charge on any atom is 0.0979 e. The minimum atomic E-state index is 0.860. The van der Waals surface area contributed by atoms with E-state index in [4.69, 9.17) is 9.97 Å². The Balaban J connectivity index is 1.16. The summed E-state index contributed by atoms with van der Waals surface area (Å²) in [7, 11) is 0. The summed E-state index contributed by atoms with van der Waals surface area (Å²) in [5.74, 6) is 0. The van der Waals surface area contributed by atoms with Gasteiger partial charge in [-0.1, -0.05) is 127 Å². The van der Waals surface area contributed by atoms with Crippen molar-refractivity contribution in [2.24, 2.45) is 0 Å². The highest BCUT2D eigenvalue weighted by atomic mass is 15.0. The first-order valence-electron chi connectivity index (χ1n) is 16.0. The van der Waals surface area contributed by atoms with Crippen molar-refractivity contribution in [2.75, 3.05) is 0 Å². The average molecular weight is 598 g/mol. The summed E-state index contributed by atoms with van der Waals surface area (Å²) < 4.78 is 2.37. The van der Waals surface area contributed by atoms with Crippen molar-refractivity contribution in [1.29, 1.82) is 0 Å². The van der Waals surface area contributed by atoms with Gasteiger partial charge in [-0.3, -0.25) is 4.98 Å². The fraction of sp³-hybridized carbons (Fsp3) is 0. The van der Waals surface area contributed by atoms with Crippen LogP contribution in [0.15, 0.2) is 164 Å². The second-order valence-electron chi connectivity index (χ2n) is 12.2. The highest BCUT2D eigenvalue weighted by Gasteiger charge is 2.16. The van der Waals surface area contributed by atoms with E-state index < -0.39 is 0 Å². The third-order valence-corrected chi connectivity index (χ3v) is 9.60. The molecule has 10 rings (SSSR count). The third-order valence-electron chi connectivity index (χ3n) is 9.60. The van der Waals surface area contributed by atoms with Gasteiger partial charge in [-0.25, -0.2) is 4.98 Å². The van der Waals surface area contributed by atoms with Crippen molar-refractivity contribution in [3.63, 3.8) is 0 Å². The first kappa shape index (κ1) is 26.0. The summed E-state index contributed by atoms with van der Waals surface area (Å²) in [4.78, 5) is 10.3. The molecule has 3 nitrogen and oxygen atoms in total. The van der Waals surface area contributed by atoms with Gasteiger partial charge in [0.05, 0.1) is 34.0 Å². The Labute approximate surface area is 271 Å². The fourth-order valence-corrected chi connectivity index (χ4v) is 7.46. The van der Waals surface area contributed by atoms with Gasteiger partial charge in [0.15, 0.2) is 0 Å². The Morgan fingerprint density at radius 3 is 1.87 bits per heavy atom. The molecule has 8 aromatic carbocycles. The minimum Gasteiger partial charge on any atom is -0.309 e. The van der Waals surface area contributed by atoms with Crippen molar-refractivity contribution >= 4 is 65.2 Å². The van der Waals surface area contributed by atoms with E-state index in [-0.39, 0.29) is 0 Å². The standard InChI is InChI=1S/C44H27N3/c1-2-15-32-28(11-1)12-10-21-33(32)29-23-24-42-39(26-29)36-18-7-8-22-41(36)47(42)31-14-9-13-30(25-31)40-27-45-43-37-19-5-3-16-34(37)35-17-4-6-20-38(35)44(43)46-40/h1-27H. The molecule has 0 aliphatic heterocycles. The Morgan fingerprint density at radius 2 is 1.04 bits per heavy atom. The lowest BCUT2D eigenvalue weighted by molar-refractivity contribution is 1.18. The number of hydrogen-bond donors (Lipinski definition) is 0. The van der Waals surface area contributed by atoms with E-state index in [1.54, 1.807) is 0 Å². The molecule has 0 aliphatic rings. The molecular formula is C44H27N3. The molecular weight excluding hydrogens is 571 g/mol. The molecule has 2 heterocycles. The van der Waals surface area contributed by atoms with Gasteiger partial charge in [-0.05, 0) is 63.0 Å². The monoisotopic (exact) mass is 597 g/mol. The fourth-order valence-electron chi connectivity index (χ4n) is 7.46. The molecule has 0 unspecified atom stereocenters. The molecule has 0 N–H and O–H groups in total. The van der Waals surface area contributed by atoms with Gasteiger partial charge in [0.25, 0.3) is 0 Å². The number of para-hydroxylation sites is 1. The van der Waals surface area contributed by atoms with E-state index in [9.17, 15) is 0 Å². The smallest absolute Gasteiger partial charge is 0.0979 e. The SMILES string of the molecule is c1cc(-c2cnc3c4ccccc4c4ccccc4c3n2)cc(-n2c3ccccc3c3cc(-c4cccc5ccccc45)ccc32)c1. The lowest BCUT2D eigenvalue weighted by atomic mass is 9.97. The summed E-state index contributed by atoms with van der Waals surface area (Å²) in [6.45, 7) is 0. The van der Waals surface area contributed by atoms with Crippen molar-refractivity contribution in [1.82, 2.24) is 14.5 Å². The van der Waals surface area contributed by atoms with E-state index in [1.807, 2.05) is 6.20 Å². The average Bonchev–Trinajstić information content (AvgIpc) is 3.48. The molecule has 0 atom stereocenters. The number of rotatable bonds is 3. The van der Waals surface area contributed by atoms with Crippen LogP contribution in [0.5, 0.6) is 0 Å². The van der Waals surface area contributed by atoms with Crippen molar-refractivity contribution < 1.29 is 0 Å². The molecule has 2 aromatic heterocycles. The zero-order valence-electron chi connectivity index (χ0n) is 25.4. The van der Waals surface area contributed by atoms with Crippen molar-refractivity contribution in [3.05, 3.63) is 164 Å². The van der Waals surface area contributed by atoms with Crippen LogP contribution in [0, 0.1) is 0 Å². The van der Waals surface area contributed by atoms with Gasteiger partial charge in [0.1, 0.15) is 0 Å². The van der Waals surface area contributed by atoms with Gasteiger partial charge in [-0.2, -0.15) is 0 Å². The van der Waals surface area contributed by atoms with Crippen LogP contribution in [0.4, 0.5) is 0 Å². The first-order chi connectivity index (χ1) is 23.3. The quantitative estimate of drug-likeness (QED) is 0.190. The van der Waals surface area contributed by atoms with Crippen LogP contribution in [0.2, 0.25) is 0 Å². The molecule has 47 heavy (non-hydrogen) atoms. The van der Waals surface area contributed by atoms with E-state index >= 15 is 0 Å². The predicted octanol–water partition coefficient (Wildman–Crippen LogP) is 11.5. The second-order valence-corrected chi connectivity index (χ2v) is 12.2. The van der Waals surface area contributed by atoms with Crippen LogP contribution < -0.4 is 0 Å². The molecule has 0 amide bonds. The number of hydrogen-bond acceptors (Lipinski definition) is 2. The summed E-state index contributed by atoms with van der Waals surface area (Å²) >= 11 is 0. The van der Waals surface area contributed by atoms with E-state index in [2.05, 4.69) is 162 Å². The van der Waals surface area contributed by atoms with Gasteiger partial charge < -0.3 is 4.57 Å². The van der Waals surface area contributed by atoms with Gasteiger partial charge in [0.2, 0.25) is 0 Å². The van der Waals surface area contributed by atoms with Gasteiger partial charge >= 0.3 is 0 Å². The highest BCUT2D eigenvalue weighted by molar-refractivity contribution is 6.23. The Bertz CT molecular complexity index is 2820. The molecule has 3 heteroatoms. The molecule has 0 saturated heterocycles. The number of fused-ring (bicyclic) bond motifs is 10. The van der Waals surface area contributed by atoms with Gasteiger partial charge in [0, 0.05) is 32.8 Å². The van der Waals surface area contributed by atoms with Crippen LogP contribution in [-0.2, 0) is 0 Å². The molecule has 0 spiro atoms. The lowest BCUT2D eigenvalue weighted by Gasteiger charge is -2.12. The maximum absolute atomic E-state index is 5.27. The topological polar surface area (TPSA) is 30.7 Å². The predicted molar refractivity (Wildman–Crippen MR) is 197 cm³/mol. The Hall–Kier alpha value is -6.32. The number of benzene rings is 8. The summed E-state index contributed by atoms with van der Waals surface area (Å²) in [5, 5.41) is 9.64. The number of aromatic nitrogens is 3. The molecule has 0 radical (unpaired) electrons. The molecule has 0 aliphatic carbocycles. The number of nitrogens with zero attached hydrogens (tertiary/aromatic N) is 3. The third kappa shape index (κ3) is 3.93. The van der Waals surface area contributed by atoms with E-state index in [0.29, 0.717) is 0 Å². The molecule has 10 aromatic rings. The normalized spacial score (nSPS) is 11.8. The zero-order valence-corrected chi connectivity index (χ0v) is 25.4. The molecule has 218 valence electrons. The lowest BCUT2D eigenvalue weighted by Crippen LogP contribution is -1.96. The summed E-state index contributed by atoms with van der Waals surface area (Å²) in [6.07, 6.45) is 1.92. The second kappa shape index (κ2) is 10.1. The van der Waals surface area contributed by atoms with Gasteiger partial charge in [-0.15, -0.1) is 0 Å². The molecule has 0 saturated carbocycles.